The van der Waals surface area contributed by atoms with E-state index in [-0.39, 0.29) is 18.2 Å². The number of aromatic hydroxyl groups is 1. The third-order valence-corrected chi connectivity index (χ3v) is 6.08. The molecule has 36 heavy (non-hydrogen) atoms. The Bertz CT molecular complexity index is 1600. The van der Waals surface area contributed by atoms with Crippen molar-refractivity contribution in [2.45, 2.75) is 6.54 Å². The summed E-state index contributed by atoms with van der Waals surface area (Å²) in [5, 5.41) is 15.7. The minimum atomic E-state index is -0.399. The second kappa shape index (κ2) is 9.76. The topological polar surface area (TPSA) is 71.3 Å². The van der Waals surface area contributed by atoms with Crippen molar-refractivity contribution in [2.75, 3.05) is 5.32 Å². The molecule has 5 rings (SSSR count). The monoisotopic (exact) mass is 472 g/mol. The van der Waals surface area contributed by atoms with E-state index in [4.69, 9.17) is 0 Å². The number of fused-ring (bicyclic) bond motifs is 1. The van der Waals surface area contributed by atoms with Crippen LogP contribution in [-0.4, -0.2) is 21.4 Å². The molecule has 0 aliphatic heterocycles. The Morgan fingerprint density at radius 2 is 1.53 bits per heavy atom. The van der Waals surface area contributed by atoms with Crippen LogP contribution in [0.2, 0.25) is 0 Å². The van der Waals surface area contributed by atoms with Gasteiger partial charge in [0.05, 0.1) is 0 Å². The zero-order valence-corrected chi connectivity index (χ0v) is 19.5. The van der Waals surface area contributed by atoms with E-state index in [9.17, 15) is 14.7 Å². The number of carbonyl (C=O) groups is 2. The van der Waals surface area contributed by atoms with E-state index in [1.807, 2.05) is 60.7 Å². The molecule has 5 nitrogen and oxygen atoms in total. The number of anilines is 1. The molecule has 4 aromatic carbocycles. The van der Waals surface area contributed by atoms with Crippen LogP contribution in [0, 0.1) is 0 Å². The van der Waals surface area contributed by atoms with Gasteiger partial charge in [-0.15, -0.1) is 6.58 Å². The van der Waals surface area contributed by atoms with Gasteiger partial charge in [-0.05, 0) is 34.5 Å². The Labute approximate surface area is 209 Å². The van der Waals surface area contributed by atoms with E-state index in [1.54, 1.807) is 48.5 Å². The zero-order chi connectivity index (χ0) is 25.1. The highest BCUT2D eigenvalue weighted by Crippen LogP contribution is 2.33. The van der Waals surface area contributed by atoms with Crippen LogP contribution >= 0.6 is 0 Å². The third kappa shape index (κ3) is 4.42. The summed E-state index contributed by atoms with van der Waals surface area (Å²) in [6.45, 7) is 4.02. The molecule has 0 radical (unpaired) electrons. The molecule has 0 atom stereocenters. The van der Waals surface area contributed by atoms with Gasteiger partial charge in [0.25, 0.3) is 5.91 Å². The van der Waals surface area contributed by atoms with Crippen molar-refractivity contribution >= 4 is 28.2 Å². The van der Waals surface area contributed by atoms with Crippen molar-refractivity contribution in [1.29, 1.82) is 0 Å². The summed E-state index contributed by atoms with van der Waals surface area (Å²) in [6, 6.07) is 31.3. The van der Waals surface area contributed by atoms with Crippen molar-refractivity contribution in [3.05, 3.63) is 133 Å². The van der Waals surface area contributed by atoms with Crippen LogP contribution in [0.4, 0.5) is 5.69 Å². The summed E-state index contributed by atoms with van der Waals surface area (Å²) in [7, 11) is 0. The van der Waals surface area contributed by atoms with E-state index in [0.29, 0.717) is 28.1 Å². The molecule has 1 aromatic heterocycles. The quantitative estimate of drug-likeness (QED) is 0.205. The highest BCUT2D eigenvalue weighted by molar-refractivity contribution is 6.11. The molecule has 5 aromatic rings. The van der Waals surface area contributed by atoms with Crippen molar-refractivity contribution in [2.24, 2.45) is 0 Å². The summed E-state index contributed by atoms with van der Waals surface area (Å²) in [4.78, 5) is 26.5. The Balaban J connectivity index is 1.51. The number of benzene rings is 4. The average Bonchev–Trinajstić information content (AvgIpc) is 3.24. The van der Waals surface area contributed by atoms with Gasteiger partial charge in [-0.1, -0.05) is 84.9 Å². The molecule has 0 fully saturated rings. The number of nitrogens with zero attached hydrogens (tertiary/aromatic N) is 1. The van der Waals surface area contributed by atoms with Gasteiger partial charge >= 0.3 is 0 Å². The molecule has 0 spiro atoms. The fourth-order valence-electron chi connectivity index (χ4n) is 4.36. The van der Waals surface area contributed by atoms with Crippen LogP contribution in [0.15, 0.2) is 116 Å². The number of carbonyl (C=O) groups excluding carboxylic acids is 2. The van der Waals surface area contributed by atoms with Gasteiger partial charge in [0.15, 0.2) is 11.7 Å². The first-order valence-electron chi connectivity index (χ1n) is 11.6. The first kappa shape index (κ1) is 22.9. The van der Waals surface area contributed by atoms with Gasteiger partial charge in [0, 0.05) is 35.0 Å². The van der Waals surface area contributed by atoms with E-state index in [2.05, 4.69) is 11.9 Å². The molecule has 0 aliphatic carbocycles. The summed E-state index contributed by atoms with van der Waals surface area (Å²) in [6.07, 6.45) is 1.62. The average molecular weight is 473 g/mol. The van der Waals surface area contributed by atoms with Crippen LogP contribution in [0.1, 0.15) is 26.4 Å². The standard InChI is InChI=1S/C31H24N2O3/c1-2-17-33-28(34)20-27(24-16-15-21-9-6-7-12-23(21)18-24)29(33)31(36)32-26-14-8-13-25(19-26)30(35)22-10-4-3-5-11-22/h2-16,18-20,34H,1,17H2,(H,32,36). The molecular formula is C31H24N2O3. The van der Waals surface area contributed by atoms with Crippen molar-refractivity contribution in [3.63, 3.8) is 0 Å². The van der Waals surface area contributed by atoms with Crippen molar-refractivity contribution in [1.82, 2.24) is 4.57 Å². The maximum absolute atomic E-state index is 13.6. The highest BCUT2D eigenvalue weighted by atomic mass is 16.3. The molecule has 1 heterocycles. The lowest BCUT2D eigenvalue weighted by atomic mass is 10.0. The van der Waals surface area contributed by atoms with E-state index in [1.165, 1.54) is 4.57 Å². The van der Waals surface area contributed by atoms with E-state index < -0.39 is 5.91 Å². The van der Waals surface area contributed by atoms with Gasteiger partial charge in [-0.3, -0.25) is 9.59 Å². The minimum absolute atomic E-state index is 0.0313. The lowest BCUT2D eigenvalue weighted by Crippen LogP contribution is -2.18. The fourth-order valence-corrected chi connectivity index (χ4v) is 4.36. The normalized spacial score (nSPS) is 10.8. The van der Waals surface area contributed by atoms with Crippen molar-refractivity contribution in [3.8, 4) is 17.0 Å². The van der Waals surface area contributed by atoms with Crippen LogP contribution in [-0.2, 0) is 6.54 Å². The maximum atomic E-state index is 13.6. The van der Waals surface area contributed by atoms with E-state index >= 15 is 0 Å². The molecule has 1 amide bonds. The third-order valence-electron chi connectivity index (χ3n) is 6.08. The smallest absolute Gasteiger partial charge is 0.273 e. The molecule has 2 N–H and O–H groups in total. The van der Waals surface area contributed by atoms with Gasteiger partial charge in [-0.25, -0.2) is 0 Å². The highest BCUT2D eigenvalue weighted by Gasteiger charge is 2.22. The first-order valence-corrected chi connectivity index (χ1v) is 11.6. The van der Waals surface area contributed by atoms with Crippen LogP contribution in [0.5, 0.6) is 5.88 Å². The summed E-state index contributed by atoms with van der Waals surface area (Å²) in [5.74, 6) is -0.558. The SMILES string of the molecule is C=CCn1c(O)cc(-c2ccc3ccccc3c2)c1C(=O)Nc1cccc(C(=O)c2ccccc2)c1. The lowest BCUT2D eigenvalue weighted by Gasteiger charge is -2.12. The predicted molar refractivity (Wildman–Crippen MR) is 144 cm³/mol. The summed E-state index contributed by atoms with van der Waals surface area (Å²) in [5.41, 5.74) is 3.25. The molecule has 0 unspecified atom stereocenters. The molecular weight excluding hydrogens is 448 g/mol. The molecule has 0 aliphatic rings. The van der Waals surface area contributed by atoms with Crippen LogP contribution in [0.25, 0.3) is 21.9 Å². The summed E-state index contributed by atoms with van der Waals surface area (Å²) < 4.78 is 1.52. The number of aromatic nitrogens is 1. The van der Waals surface area contributed by atoms with Crippen LogP contribution < -0.4 is 5.32 Å². The second-order valence-corrected chi connectivity index (χ2v) is 8.46. The number of ketones is 1. The molecule has 0 saturated heterocycles. The van der Waals surface area contributed by atoms with Gasteiger partial charge in [0.2, 0.25) is 0 Å². The van der Waals surface area contributed by atoms with Crippen LogP contribution in [0.3, 0.4) is 0 Å². The van der Waals surface area contributed by atoms with Crippen molar-refractivity contribution < 1.29 is 14.7 Å². The largest absolute Gasteiger partial charge is 0.494 e. The second-order valence-electron chi connectivity index (χ2n) is 8.46. The lowest BCUT2D eigenvalue weighted by molar-refractivity contribution is 0.101. The number of rotatable bonds is 7. The maximum Gasteiger partial charge on any atom is 0.273 e. The molecule has 176 valence electrons. The number of allylic oxidation sites excluding steroid dienone is 1. The Hall–Kier alpha value is -4.90. The number of hydrogen-bond donors (Lipinski definition) is 2. The summed E-state index contributed by atoms with van der Waals surface area (Å²) >= 11 is 0. The Morgan fingerprint density at radius 1 is 0.806 bits per heavy atom. The van der Waals surface area contributed by atoms with E-state index in [0.717, 1.165) is 16.3 Å². The van der Waals surface area contributed by atoms with Gasteiger partial charge < -0.3 is 15.0 Å². The number of nitrogens with one attached hydrogen (secondary N) is 1. The van der Waals surface area contributed by atoms with Gasteiger partial charge in [-0.2, -0.15) is 0 Å². The number of amides is 1. The number of hydrogen-bond acceptors (Lipinski definition) is 3. The predicted octanol–water partition coefficient (Wildman–Crippen LogP) is 6.68. The van der Waals surface area contributed by atoms with Gasteiger partial charge in [0.1, 0.15) is 5.69 Å². The minimum Gasteiger partial charge on any atom is -0.494 e. The first-order chi connectivity index (χ1) is 17.5. The molecule has 5 heteroatoms. The Morgan fingerprint density at radius 3 is 2.31 bits per heavy atom. The fraction of sp³-hybridized carbons (Fsp3) is 0.0323. The molecule has 0 saturated carbocycles. The Kier molecular flexibility index (Phi) is 6.20. The zero-order valence-electron chi connectivity index (χ0n) is 19.5. The molecule has 0 bridgehead atoms.